The predicted octanol–water partition coefficient (Wildman–Crippen LogP) is 3.06. The van der Waals surface area contributed by atoms with E-state index in [9.17, 15) is 13.5 Å². The number of primary sulfonamides is 1. The molecule has 7 nitrogen and oxygen atoms in total. The van der Waals surface area contributed by atoms with E-state index in [-0.39, 0.29) is 32.5 Å². The number of aromatic nitrogens is 2. The van der Waals surface area contributed by atoms with Crippen LogP contribution in [0.2, 0.25) is 10.0 Å². The molecule has 1 heterocycles. The van der Waals surface area contributed by atoms with Crippen LogP contribution in [0.3, 0.4) is 0 Å². The summed E-state index contributed by atoms with van der Waals surface area (Å²) >= 11 is 11.7. The number of nitrogens with zero attached hydrogens (tertiary/aromatic N) is 2. The summed E-state index contributed by atoms with van der Waals surface area (Å²) < 4.78 is 28.3. The Labute approximate surface area is 146 Å². The number of halogens is 2. The highest BCUT2D eigenvalue weighted by molar-refractivity contribution is 7.89. The van der Waals surface area contributed by atoms with Gasteiger partial charge in [0.05, 0.1) is 14.9 Å². The van der Waals surface area contributed by atoms with Crippen molar-refractivity contribution in [1.29, 1.82) is 0 Å². The third-order valence-corrected chi connectivity index (χ3v) is 4.59. The summed E-state index contributed by atoms with van der Waals surface area (Å²) in [5.41, 5.74) is 0.792. The van der Waals surface area contributed by atoms with Gasteiger partial charge < -0.3 is 9.52 Å². The second-order valence-electron chi connectivity index (χ2n) is 4.77. The molecule has 0 aliphatic rings. The molecule has 3 aromatic rings. The lowest BCUT2D eigenvalue weighted by molar-refractivity contribution is 0.476. The fourth-order valence-corrected chi connectivity index (χ4v) is 3.00. The number of aromatic hydroxyl groups is 1. The van der Waals surface area contributed by atoms with E-state index in [1.807, 2.05) is 0 Å². The number of sulfonamides is 1. The molecule has 24 heavy (non-hydrogen) atoms. The number of phenols is 1. The number of hydrogen-bond donors (Lipinski definition) is 2. The maximum Gasteiger partial charge on any atom is 0.248 e. The van der Waals surface area contributed by atoms with Crippen molar-refractivity contribution in [3.8, 4) is 28.7 Å². The second-order valence-corrected chi connectivity index (χ2v) is 7.15. The quantitative estimate of drug-likeness (QED) is 0.714. The molecule has 0 atom stereocenters. The lowest BCUT2D eigenvalue weighted by Crippen LogP contribution is -2.11. The minimum atomic E-state index is -3.85. The van der Waals surface area contributed by atoms with Gasteiger partial charge in [-0.15, -0.1) is 10.2 Å². The second kappa shape index (κ2) is 6.06. The molecule has 0 amide bonds. The monoisotopic (exact) mass is 385 g/mol. The first-order chi connectivity index (χ1) is 11.3. The summed E-state index contributed by atoms with van der Waals surface area (Å²) in [7, 11) is -3.85. The lowest BCUT2D eigenvalue weighted by Gasteiger charge is -2.02. The van der Waals surface area contributed by atoms with Gasteiger partial charge in [0.1, 0.15) is 0 Å². The number of nitrogens with two attached hydrogens (primary N) is 1. The summed E-state index contributed by atoms with van der Waals surface area (Å²) in [5.74, 6) is -0.0479. The van der Waals surface area contributed by atoms with Crippen molar-refractivity contribution in [3.05, 3.63) is 46.4 Å². The first kappa shape index (κ1) is 16.7. The zero-order valence-electron chi connectivity index (χ0n) is 11.8. The van der Waals surface area contributed by atoms with Crippen LogP contribution in [0.1, 0.15) is 0 Å². The van der Waals surface area contributed by atoms with Gasteiger partial charge in [-0.2, -0.15) is 0 Å². The molecule has 124 valence electrons. The molecule has 0 saturated heterocycles. The average molecular weight is 386 g/mol. The van der Waals surface area contributed by atoms with Gasteiger partial charge in [-0.05, 0) is 30.3 Å². The van der Waals surface area contributed by atoms with Crippen molar-refractivity contribution in [3.63, 3.8) is 0 Å². The standard InChI is InChI=1S/C14H9Cl2N3O4S/c15-10-5-8(6-11(16)12(10)20)14-19-18-13(23-14)7-2-1-3-9(4-7)24(17,21)22/h1-6,20H,(H2,17,21,22). The van der Waals surface area contributed by atoms with Crippen LogP contribution >= 0.6 is 23.2 Å². The number of benzene rings is 2. The molecule has 0 radical (unpaired) electrons. The Balaban J connectivity index is 2.03. The largest absolute Gasteiger partial charge is 0.505 e. The van der Waals surface area contributed by atoms with Gasteiger partial charge in [-0.3, -0.25) is 0 Å². The molecule has 0 aliphatic carbocycles. The summed E-state index contributed by atoms with van der Waals surface area (Å²) in [6.45, 7) is 0. The van der Waals surface area contributed by atoms with Crippen molar-refractivity contribution in [1.82, 2.24) is 10.2 Å². The van der Waals surface area contributed by atoms with Gasteiger partial charge in [0, 0.05) is 11.1 Å². The van der Waals surface area contributed by atoms with Crippen molar-refractivity contribution in [2.45, 2.75) is 4.90 Å². The Bertz CT molecular complexity index is 1010. The van der Waals surface area contributed by atoms with Crippen LogP contribution in [0.4, 0.5) is 0 Å². The van der Waals surface area contributed by atoms with E-state index in [0.29, 0.717) is 11.1 Å². The summed E-state index contributed by atoms with van der Waals surface area (Å²) in [6, 6.07) is 8.62. The molecule has 1 aromatic heterocycles. The van der Waals surface area contributed by atoms with E-state index in [4.69, 9.17) is 32.8 Å². The van der Waals surface area contributed by atoms with E-state index < -0.39 is 10.0 Å². The van der Waals surface area contributed by atoms with Gasteiger partial charge >= 0.3 is 0 Å². The van der Waals surface area contributed by atoms with E-state index >= 15 is 0 Å². The summed E-state index contributed by atoms with van der Waals surface area (Å²) in [5, 5.41) is 22.5. The molecule has 0 spiro atoms. The molecular formula is C14H9Cl2N3O4S. The molecular weight excluding hydrogens is 377 g/mol. The Kier molecular flexibility index (Phi) is 4.22. The highest BCUT2D eigenvalue weighted by Crippen LogP contribution is 2.36. The van der Waals surface area contributed by atoms with Crippen molar-refractivity contribution >= 4 is 33.2 Å². The van der Waals surface area contributed by atoms with E-state index in [2.05, 4.69) is 10.2 Å². The van der Waals surface area contributed by atoms with Crippen LogP contribution in [0.5, 0.6) is 5.75 Å². The maximum absolute atomic E-state index is 11.4. The Hall–Kier alpha value is -2.13. The van der Waals surface area contributed by atoms with Crippen LogP contribution in [-0.2, 0) is 10.0 Å². The van der Waals surface area contributed by atoms with E-state index in [1.54, 1.807) is 6.07 Å². The molecule has 3 N–H and O–H groups in total. The molecule has 0 aliphatic heterocycles. The molecule has 10 heteroatoms. The first-order valence-electron chi connectivity index (χ1n) is 6.41. The Morgan fingerprint density at radius 3 is 2.17 bits per heavy atom. The van der Waals surface area contributed by atoms with Gasteiger partial charge in [0.2, 0.25) is 21.8 Å². The molecule has 0 unspecified atom stereocenters. The van der Waals surface area contributed by atoms with Crippen LogP contribution in [0.25, 0.3) is 22.9 Å². The number of hydrogen-bond acceptors (Lipinski definition) is 6. The lowest BCUT2D eigenvalue weighted by atomic mass is 10.2. The Morgan fingerprint density at radius 2 is 1.58 bits per heavy atom. The van der Waals surface area contributed by atoms with Crippen molar-refractivity contribution in [2.24, 2.45) is 5.14 Å². The molecule has 2 aromatic carbocycles. The third-order valence-electron chi connectivity index (χ3n) is 3.10. The molecule has 0 fully saturated rings. The normalized spacial score (nSPS) is 11.6. The van der Waals surface area contributed by atoms with Crippen molar-refractivity contribution in [2.75, 3.05) is 0 Å². The highest BCUT2D eigenvalue weighted by Gasteiger charge is 2.16. The predicted molar refractivity (Wildman–Crippen MR) is 88.2 cm³/mol. The van der Waals surface area contributed by atoms with Gasteiger partial charge in [-0.25, -0.2) is 13.6 Å². The van der Waals surface area contributed by atoms with Gasteiger partial charge in [0.25, 0.3) is 0 Å². The smallest absolute Gasteiger partial charge is 0.248 e. The first-order valence-corrected chi connectivity index (χ1v) is 8.71. The molecule has 0 bridgehead atoms. The maximum atomic E-state index is 11.4. The van der Waals surface area contributed by atoms with E-state index in [1.165, 1.54) is 30.3 Å². The van der Waals surface area contributed by atoms with Gasteiger partial charge in [0.15, 0.2) is 5.75 Å². The highest BCUT2D eigenvalue weighted by atomic mass is 35.5. The van der Waals surface area contributed by atoms with E-state index in [0.717, 1.165) is 0 Å². The molecule has 3 rings (SSSR count). The fourth-order valence-electron chi connectivity index (χ4n) is 1.95. The third kappa shape index (κ3) is 3.22. The summed E-state index contributed by atoms with van der Waals surface area (Å²) in [6.07, 6.45) is 0. The summed E-state index contributed by atoms with van der Waals surface area (Å²) in [4.78, 5) is -0.0736. The average Bonchev–Trinajstić information content (AvgIpc) is 3.01. The van der Waals surface area contributed by atoms with Crippen LogP contribution in [-0.4, -0.2) is 23.7 Å². The topological polar surface area (TPSA) is 119 Å². The minimum Gasteiger partial charge on any atom is -0.505 e. The minimum absolute atomic E-state index is 0.0356. The number of phenolic OH excluding ortho intramolecular Hbond substituents is 1. The zero-order chi connectivity index (χ0) is 17.5. The van der Waals surface area contributed by atoms with Crippen LogP contribution in [0.15, 0.2) is 45.7 Å². The SMILES string of the molecule is NS(=O)(=O)c1cccc(-c2nnc(-c3cc(Cl)c(O)c(Cl)c3)o2)c1. The number of rotatable bonds is 3. The van der Waals surface area contributed by atoms with Gasteiger partial charge in [-0.1, -0.05) is 29.3 Å². The zero-order valence-corrected chi connectivity index (χ0v) is 14.1. The van der Waals surface area contributed by atoms with Crippen molar-refractivity contribution < 1.29 is 17.9 Å². The Morgan fingerprint density at radius 1 is 1.00 bits per heavy atom. The fraction of sp³-hybridized carbons (Fsp3) is 0. The van der Waals surface area contributed by atoms with Crippen LogP contribution < -0.4 is 5.14 Å². The molecule has 0 saturated carbocycles. The van der Waals surface area contributed by atoms with Crippen LogP contribution in [0, 0.1) is 0 Å².